The summed E-state index contributed by atoms with van der Waals surface area (Å²) >= 11 is 5.85. The summed E-state index contributed by atoms with van der Waals surface area (Å²) in [4.78, 5) is 10.5. The maximum Gasteiger partial charge on any atom is 0.303 e. The average Bonchev–Trinajstić information content (AvgIpc) is 2.43. The number of carboxylic acids is 1. The van der Waals surface area contributed by atoms with Crippen LogP contribution in [0.4, 0.5) is 0 Å². The Morgan fingerprint density at radius 1 is 1.52 bits per heavy atom. The lowest BCUT2D eigenvalue weighted by atomic mass is 10.0. The molecule has 0 spiro atoms. The van der Waals surface area contributed by atoms with Gasteiger partial charge >= 0.3 is 5.97 Å². The van der Waals surface area contributed by atoms with E-state index in [2.05, 4.69) is 4.72 Å². The van der Waals surface area contributed by atoms with Crippen LogP contribution >= 0.6 is 11.6 Å². The summed E-state index contributed by atoms with van der Waals surface area (Å²) in [7, 11) is -3.89. The lowest BCUT2D eigenvalue weighted by molar-refractivity contribution is -0.138. The largest absolute Gasteiger partial charge is 0.481 e. The number of nitriles is 1. The van der Waals surface area contributed by atoms with E-state index in [-0.39, 0.29) is 34.4 Å². The third-order valence-electron chi connectivity index (χ3n) is 2.95. The molecule has 1 unspecified atom stereocenters. The minimum absolute atomic E-state index is 0.00174. The van der Waals surface area contributed by atoms with Crippen LogP contribution in [0.15, 0.2) is 23.1 Å². The Bertz CT molecular complexity index is 667. The second-order valence-corrected chi connectivity index (χ2v) is 6.62. The van der Waals surface area contributed by atoms with Crippen LogP contribution in [0.2, 0.25) is 5.02 Å². The first-order valence-corrected chi connectivity index (χ1v) is 8.07. The summed E-state index contributed by atoms with van der Waals surface area (Å²) in [6, 6.07) is 5.78. The Morgan fingerprint density at radius 3 is 2.71 bits per heavy atom. The molecule has 1 rings (SSSR count). The highest BCUT2D eigenvalue weighted by Gasteiger charge is 2.21. The summed E-state index contributed by atoms with van der Waals surface area (Å²) in [5, 5.41) is 17.5. The predicted octanol–water partition coefficient (Wildman–Crippen LogP) is 1.99. The molecule has 0 aliphatic heterocycles. The molecule has 0 fully saturated rings. The van der Waals surface area contributed by atoms with Crippen LogP contribution in [0.25, 0.3) is 0 Å². The van der Waals surface area contributed by atoms with Crippen molar-refractivity contribution in [1.82, 2.24) is 4.72 Å². The van der Waals surface area contributed by atoms with E-state index < -0.39 is 16.0 Å². The van der Waals surface area contributed by atoms with Gasteiger partial charge in [0.25, 0.3) is 0 Å². The van der Waals surface area contributed by atoms with Crippen LogP contribution in [0, 0.1) is 17.2 Å². The van der Waals surface area contributed by atoms with E-state index in [0.717, 1.165) is 0 Å². The quantitative estimate of drug-likeness (QED) is 0.795. The number of aliphatic carboxylic acids is 1. The lowest BCUT2D eigenvalue weighted by Gasteiger charge is -2.14. The Labute approximate surface area is 128 Å². The zero-order chi connectivity index (χ0) is 16.0. The lowest BCUT2D eigenvalue weighted by Crippen LogP contribution is -2.30. The highest BCUT2D eigenvalue weighted by Crippen LogP contribution is 2.22. The fourth-order valence-electron chi connectivity index (χ4n) is 1.69. The zero-order valence-electron chi connectivity index (χ0n) is 11.3. The molecule has 0 radical (unpaired) electrons. The van der Waals surface area contributed by atoms with Crippen molar-refractivity contribution < 1.29 is 18.3 Å². The van der Waals surface area contributed by atoms with Gasteiger partial charge in [0.05, 0.1) is 16.7 Å². The zero-order valence-corrected chi connectivity index (χ0v) is 12.9. The molecule has 0 amide bonds. The molecule has 0 saturated carbocycles. The first kappa shape index (κ1) is 17.4. The number of hydrogen-bond donors (Lipinski definition) is 2. The van der Waals surface area contributed by atoms with Crippen LogP contribution in [-0.2, 0) is 14.8 Å². The third-order valence-corrected chi connectivity index (χ3v) is 4.86. The molecule has 0 heterocycles. The molecule has 1 atom stereocenters. The Hall–Kier alpha value is -1.62. The summed E-state index contributed by atoms with van der Waals surface area (Å²) in [6.07, 6.45) is 0.409. The van der Waals surface area contributed by atoms with Gasteiger partial charge in [-0.05, 0) is 24.1 Å². The average molecular weight is 331 g/mol. The summed E-state index contributed by atoms with van der Waals surface area (Å²) in [5.41, 5.74) is 0.178. The van der Waals surface area contributed by atoms with Crippen molar-refractivity contribution in [2.75, 3.05) is 6.54 Å². The molecular formula is C13H15ClN2O4S. The van der Waals surface area contributed by atoms with Crippen molar-refractivity contribution in [1.29, 1.82) is 5.26 Å². The van der Waals surface area contributed by atoms with E-state index in [1.54, 1.807) is 6.92 Å². The van der Waals surface area contributed by atoms with Crippen molar-refractivity contribution in [2.24, 2.45) is 5.92 Å². The minimum atomic E-state index is -3.89. The van der Waals surface area contributed by atoms with Crippen LogP contribution in [0.3, 0.4) is 0 Å². The van der Waals surface area contributed by atoms with Crippen molar-refractivity contribution in [2.45, 2.75) is 24.7 Å². The van der Waals surface area contributed by atoms with Gasteiger partial charge in [0.2, 0.25) is 10.0 Å². The summed E-state index contributed by atoms with van der Waals surface area (Å²) in [6.45, 7) is 1.78. The predicted molar refractivity (Wildman–Crippen MR) is 77.4 cm³/mol. The van der Waals surface area contributed by atoms with Gasteiger partial charge in [-0.2, -0.15) is 5.26 Å². The minimum Gasteiger partial charge on any atom is -0.481 e. The Morgan fingerprint density at radius 2 is 2.19 bits per heavy atom. The molecule has 1 aromatic rings. The first-order chi connectivity index (χ1) is 9.80. The maximum absolute atomic E-state index is 12.2. The third kappa shape index (κ3) is 5.01. The second kappa shape index (κ2) is 7.41. The SMILES string of the molecule is CCC(CNS(=O)(=O)c1cc(C#N)ccc1Cl)CC(=O)O. The number of halogens is 1. The molecular weight excluding hydrogens is 316 g/mol. The second-order valence-electron chi connectivity index (χ2n) is 4.48. The highest BCUT2D eigenvalue weighted by atomic mass is 35.5. The van der Waals surface area contributed by atoms with Crippen LogP contribution in [-0.4, -0.2) is 26.0 Å². The van der Waals surface area contributed by atoms with Gasteiger partial charge in [-0.15, -0.1) is 0 Å². The molecule has 2 N–H and O–H groups in total. The number of nitrogens with one attached hydrogen (secondary N) is 1. The number of carboxylic acid groups (broad SMARTS) is 1. The molecule has 8 heteroatoms. The number of benzene rings is 1. The van der Waals surface area contributed by atoms with Gasteiger partial charge in [0.1, 0.15) is 4.90 Å². The smallest absolute Gasteiger partial charge is 0.303 e. The number of sulfonamides is 1. The van der Waals surface area contributed by atoms with Crippen molar-refractivity contribution in [3.8, 4) is 6.07 Å². The Kier molecular flexibility index (Phi) is 6.15. The van der Waals surface area contributed by atoms with Crippen molar-refractivity contribution in [3.63, 3.8) is 0 Å². The van der Waals surface area contributed by atoms with E-state index in [9.17, 15) is 13.2 Å². The van der Waals surface area contributed by atoms with Gasteiger partial charge in [0.15, 0.2) is 0 Å². The van der Waals surface area contributed by atoms with Gasteiger partial charge in [-0.25, -0.2) is 13.1 Å². The fraction of sp³-hybridized carbons (Fsp3) is 0.385. The van der Waals surface area contributed by atoms with Crippen molar-refractivity contribution >= 4 is 27.6 Å². The van der Waals surface area contributed by atoms with Gasteiger partial charge < -0.3 is 5.11 Å². The molecule has 21 heavy (non-hydrogen) atoms. The van der Waals surface area contributed by atoms with E-state index in [1.165, 1.54) is 18.2 Å². The van der Waals surface area contributed by atoms with Gasteiger partial charge in [-0.1, -0.05) is 24.9 Å². The molecule has 0 saturated heterocycles. The number of hydrogen-bond acceptors (Lipinski definition) is 4. The molecule has 0 aromatic heterocycles. The standard InChI is InChI=1S/C13H15ClN2O4S/c1-2-9(6-13(17)18)8-16-21(19,20)12-5-10(7-15)3-4-11(12)14/h3-5,9,16H,2,6,8H2,1H3,(H,17,18). The highest BCUT2D eigenvalue weighted by molar-refractivity contribution is 7.89. The van der Waals surface area contributed by atoms with E-state index in [0.29, 0.717) is 6.42 Å². The number of rotatable bonds is 7. The van der Waals surface area contributed by atoms with E-state index in [4.69, 9.17) is 22.0 Å². The topological polar surface area (TPSA) is 107 Å². The molecule has 6 nitrogen and oxygen atoms in total. The molecule has 1 aromatic carbocycles. The maximum atomic E-state index is 12.2. The van der Waals surface area contributed by atoms with Gasteiger partial charge in [-0.3, -0.25) is 4.79 Å². The monoisotopic (exact) mass is 330 g/mol. The van der Waals surface area contributed by atoms with E-state index in [1.807, 2.05) is 6.07 Å². The van der Waals surface area contributed by atoms with Crippen LogP contribution in [0.1, 0.15) is 25.3 Å². The summed E-state index contributed by atoms with van der Waals surface area (Å²) < 4.78 is 26.7. The van der Waals surface area contributed by atoms with Gasteiger partial charge in [0, 0.05) is 13.0 Å². The molecule has 0 aliphatic carbocycles. The number of nitrogens with zero attached hydrogens (tertiary/aromatic N) is 1. The molecule has 0 bridgehead atoms. The van der Waals surface area contributed by atoms with Crippen molar-refractivity contribution in [3.05, 3.63) is 28.8 Å². The normalized spacial score (nSPS) is 12.6. The number of carbonyl (C=O) groups is 1. The van der Waals surface area contributed by atoms with E-state index >= 15 is 0 Å². The summed E-state index contributed by atoms with van der Waals surface area (Å²) in [5.74, 6) is -1.29. The molecule has 114 valence electrons. The Balaban J connectivity index is 2.92. The van der Waals surface area contributed by atoms with Crippen LogP contribution in [0.5, 0.6) is 0 Å². The van der Waals surface area contributed by atoms with Crippen LogP contribution < -0.4 is 4.72 Å². The first-order valence-electron chi connectivity index (χ1n) is 6.21. The molecule has 0 aliphatic rings. The fourth-order valence-corrected chi connectivity index (χ4v) is 3.33.